The molecule has 6 heterocycles. The number of hydrogen-bond donors (Lipinski definition) is 0. The number of ketones is 2. The van der Waals surface area contributed by atoms with Crippen molar-refractivity contribution in [2.75, 3.05) is 67.8 Å². The Morgan fingerprint density at radius 3 is 1.22 bits per heavy atom. The van der Waals surface area contributed by atoms with E-state index < -0.39 is 0 Å². The number of likely N-dealkylation sites (tertiary alicyclic amines) is 2. The molecular weight excluding hydrogens is 913 g/mol. The molecule has 0 unspecified atom stereocenters. The van der Waals surface area contributed by atoms with Gasteiger partial charge in [0.1, 0.15) is 24.7 Å². The second kappa shape index (κ2) is 22.6. The summed E-state index contributed by atoms with van der Waals surface area (Å²) < 4.78 is 33.0. The van der Waals surface area contributed by atoms with E-state index >= 15 is 0 Å². The maximum atomic E-state index is 13.3. The van der Waals surface area contributed by atoms with Crippen LogP contribution in [0.2, 0.25) is 0 Å². The first-order valence-corrected chi connectivity index (χ1v) is 24.5. The van der Waals surface area contributed by atoms with Gasteiger partial charge in [0.05, 0.1) is 28.4 Å². The first-order chi connectivity index (χ1) is 35.1. The van der Waals surface area contributed by atoms with Gasteiger partial charge in [-0.15, -0.1) is 0 Å². The summed E-state index contributed by atoms with van der Waals surface area (Å²) in [5.74, 6) is 5.27. The Morgan fingerprint density at radius 1 is 0.486 bits per heavy atom. The molecule has 0 bridgehead atoms. The quantitative estimate of drug-likeness (QED) is 0.115. The van der Waals surface area contributed by atoms with Gasteiger partial charge in [0, 0.05) is 97.9 Å². The Kier molecular flexibility index (Phi) is 15.4. The molecule has 2 saturated heterocycles. The second-order valence-corrected chi connectivity index (χ2v) is 18.7. The highest BCUT2D eigenvalue weighted by Crippen LogP contribution is 2.43. The van der Waals surface area contributed by atoms with Crippen molar-refractivity contribution in [2.45, 2.75) is 50.4 Å². The van der Waals surface area contributed by atoms with E-state index in [0.29, 0.717) is 96.5 Å². The Labute approximate surface area is 420 Å². The summed E-state index contributed by atoms with van der Waals surface area (Å²) in [6.07, 6.45) is 11.4. The maximum Gasteiger partial charge on any atom is 0.253 e. The molecule has 6 aromatic rings. The number of carbonyl (C=O) groups excluding carboxylic acids is 4. The van der Waals surface area contributed by atoms with Gasteiger partial charge in [0.2, 0.25) is 0 Å². The number of methoxy groups -OCH3 is 4. The fraction of sp³-hybridized carbons (Fsp3) is 0.345. The van der Waals surface area contributed by atoms with E-state index in [1.807, 2.05) is 58.9 Å². The van der Waals surface area contributed by atoms with Gasteiger partial charge < -0.3 is 38.2 Å². The summed E-state index contributed by atoms with van der Waals surface area (Å²) in [5, 5.41) is 0. The van der Waals surface area contributed by atoms with E-state index in [1.54, 1.807) is 52.7 Å². The molecule has 72 heavy (non-hydrogen) atoms. The lowest BCUT2D eigenvalue weighted by molar-refractivity contribution is -0.122. The van der Waals surface area contributed by atoms with Gasteiger partial charge >= 0.3 is 0 Å². The van der Waals surface area contributed by atoms with Crippen molar-refractivity contribution in [1.29, 1.82) is 0 Å². The average molecular weight is 973 g/mol. The molecule has 14 nitrogen and oxygen atoms in total. The molecule has 372 valence electrons. The summed E-state index contributed by atoms with van der Waals surface area (Å²) in [6.45, 7) is 2.89. The zero-order chi connectivity index (χ0) is 50.1. The van der Waals surface area contributed by atoms with Crippen molar-refractivity contribution in [1.82, 2.24) is 19.8 Å². The molecule has 4 aliphatic rings. The van der Waals surface area contributed by atoms with E-state index in [4.69, 9.17) is 28.4 Å². The number of amides is 2. The molecule has 0 aliphatic carbocycles. The van der Waals surface area contributed by atoms with Gasteiger partial charge in [-0.2, -0.15) is 0 Å². The minimum atomic E-state index is 0.000787. The van der Waals surface area contributed by atoms with Crippen LogP contribution in [0.25, 0.3) is 0 Å². The molecule has 2 amide bonds. The monoisotopic (exact) mass is 972 g/mol. The highest BCUT2D eigenvalue weighted by atomic mass is 16.5. The maximum absolute atomic E-state index is 13.3. The van der Waals surface area contributed by atoms with Gasteiger partial charge in [-0.25, -0.2) is 0 Å². The first kappa shape index (κ1) is 49.2. The summed E-state index contributed by atoms with van der Waals surface area (Å²) in [6, 6.07) is 31.3. The van der Waals surface area contributed by atoms with E-state index in [2.05, 4.69) is 58.5 Å². The van der Waals surface area contributed by atoms with Crippen LogP contribution in [0.15, 0.2) is 122 Å². The number of piperidine rings is 2. The number of pyridine rings is 2. The zero-order valence-corrected chi connectivity index (χ0v) is 41.2. The first-order valence-electron chi connectivity index (χ1n) is 24.5. The van der Waals surface area contributed by atoms with Crippen LogP contribution in [0, 0.1) is 11.8 Å². The Balaban J connectivity index is 0.000000178. The molecule has 0 radical (unpaired) electrons. The van der Waals surface area contributed by atoms with E-state index in [0.717, 1.165) is 47.9 Å². The minimum Gasteiger partial charge on any atom is -0.493 e. The number of ether oxygens (including phenoxy) is 6. The van der Waals surface area contributed by atoms with Crippen LogP contribution < -0.4 is 28.4 Å². The highest BCUT2D eigenvalue weighted by molar-refractivity contribution is 5.96. The van der Waals surface area contributed by atoms with Crippen LogP contribution >= 0.6 is 0 Å². The fourth-order valence-corrected chi connectivity index (χ4v) is 10.8. The largest absolute Gasteiger partial charge is 0.493 e. The van der Waals surface area contributed by atoms with Crippen LogP contribution in [0.5, 0.6) is 34.5 Å². The molecule has 0 spiro atoms. The average Bonchev–Trinajstić information content (AvgIpc) is 3.43. The predicted octanol–water partition coefficient (Wildman–Crippen LogP) is 8.57. The van der Waals surface area contributed by atoms with Crippen LogP contribution in [-0.2, 0) is 22.4 Å². The summed E-state index contributed by atoms with van der Waals surface area (Å²) in [5.41, 5.74) is 7.50. The van der Waals surface area contributed by atoms with Gasteiger partial charge in [-0.1, -0.05) is 12.1 Å². The fourth-order valence-electron chi connectivity index (χ4n) is 10.8. The molecule has 0 N–H and O–H groups in total. The lowest BCUT2D eigenvalue weighted by Crippen LogP contribution is -2.40. The van der Waals surface area contributed by atoms with Crippen molar-refractivity contribution >= 4 is 23.4 Å². The number of hydrogen-bond acceptors (Lipinski definition) is 12. The lowest BCUT2D eigenvalue weighted by Gasteiger charge is -2.37. The van der Waals surface area contributed by atoms with Crippen LogP contribution in [0.4, 0.5) is 0 Å². The SMILES string of the molecule is COc1ccc([C@@H](c2ccncc2)C2CCN(C(=O)c3ccc4c(c3)CC(=O)CO4)CC2)cc1OC.COc1ccc([C@H](c2ccncc2)C2CCN(C(=O)c3ccc4c(c3)CC(=O)CO4)CC2)cc1OC. The number of Topliss-reactive ketones (excluding diaryl/α,β-unsaturated/α-hetero) is 2. The van der Waals surface area contributed by atoms with E-state index in [9.17, 15) is 19.2 Å². The third kappa shape index (κ3) is 10.9. The van der Waals surface area contributed by atoms with Crippen molar-refractivity contribution in [2.24, 2.45) is 11.8 Å². The van der Waals surface area contributed by atoms with Gasteiger partial charge in [-0.05, 0) is 145 Å². The van der Waals surface area contributed by atoms with Gasteiger partial charge in [0.15, 0.2) is 34.6 Å². The van der Waals surface area contributed by atoms with Crippen LogP contribution in [0.1, 0.15) is 91.6 Å². The van der Waals surface area contributed by atoms with Crippen molar-refractivity contribution < 1.29 is 47.6 Å². The molecular formula is C58H60N4O10. The summed E-state index contributed by atoms with van der Waals surface area (Å²) in [4.78, 5) is 62.4. The zero-order valence-electron chi connectivity index (χ0n) is 41.2. The lowest BCUT2D eigenvalue weighted by atomic mass is 9.76. The third-order valence-corrected chi connectivity index (χ3v) is 14.4. The standard InChI is InChI=1S/2C29H30N2O5/c2*1-34-26-6-3-21(17-27(26)35-2)28(19-7-11-30-12-8-19)20-9-13-31(14-10-20)29(33)22-4-5-25-23(15-22)16-24(32)18-36-25/h2*3-8,11-12,15,17,20,28H,9-10,13-14,16,18H2,1-2H3/t2*28-/m10/s1. The number of fused-ring (bicyclic) bond motifs is 2. The number of rotatable bonds is 12. The smallest absolute Gasteiger partial charge is 0.253 e. The Morgan fingerprint density at radius 2 is 0.861 bits per heavy atom. The van der Waals surface area contributed by atoms with Crippen LogP contribution in [-0.4, -0.2) is 111 Å². The highest BCUT2D eigenvalue weighted by Gasteiger charge is 2.34. The third-order valence-electron chi connectivity index (χ3n) is 14.4. The normalized spacial score (nSPS) is 16.6. The van der Waals surface area contributed by atoms with Crippen molar-refractivity contribution in [3.63, 3.8) is 0 Å². The Bertz CT molecular complexity index is 2700. The topological polar surface area (TPSA) is 156 Å². The summed E-state index contributed by atoms with van der Waals surface area (Å²) >= 11 is 0. The molecule has 2 fully saturated rings. The molecule has 2 atom stereocenters. The molecule has 2 aromatic heterocycles. The number of benzene rings is 4. The molecule has 4 aromatic carbocycles. The minimum absolute atomic E-state index is 0.000787. The van der Waals surface area contributed by atoms with Gasteiger partial charge in [-0.3, -0.25) is 29.1 Å². The number of nitrogens with zero attached hydrogens (tertiary/aromatic N) is 4. The number of carbonyl (C=O) groups is 4. The van der Waals surface area contributed by atoms with Crippen molar-refractivity contribution in [3.05, 3.63) is 166 Å². The summed E-state index contributed by atoms with van der Waals surface area (Å²) in [7, 11) is 6.57. The molecule has 14 heteroatoms. The Hall–Kier alpha value is -7.74. The number of aromatic nitrogens is 2. The van der Waals surface area contributed by atoms with E-state index in [-0.39, 0.29) is 48.4 Å². The molecule has 10 rings (SSSR count). The van der Waals surface area contributed by atoms with Crippen LogP contribution in [0.3, 0.4) is 0 Å². The predicted molar refractivity (Wildman–Crippen MR) is 270 cm³/mol. The molecule has 0 saturated carbocycles. The van der Waals surface area contributed by atoms with E-state index in [1.165, 1.54) is 11.1 Å². The second-order valence-electron chi connectivity index (χ2n) is 18.7. The van der Waals surface area contributed by atoms with Gasteiger partial charge in [0.25, 0.3) is 11.8 Å². The van der Waals surface area contributed by atoms with Crippen molar-refractivity contribution in [3.8, 4) is 34.5 Å². The molecule has 4 aliphatic heterocycles.